The van der Waals surface area contributed by atoms with E-state index in [4.69, 9.17) is 23.7 Å². The monoisotopic (exact) mass is 456 g/mol. The van der Waals surface area contributed by atoms with E-state index in [1.807, 2.05) is 27.7 Å². The van der Waals surface area contributed by atoms with Gasteiger partial charge in [0.1, 0.15) is 22.8 Å². The lowest BCUT2D eigenvalue weighted by atomic mass is 9.51. The average Bonchev–Trinajstić information content (AvgIpc) is 3.29. The van der Waals surface area contributed by atoms with Crippen molar-refractivity contribution < 1.29 is 38.4 Å². The van der Waals surface area contributed by atoms with Crippen molar-refractivity contribution in [2.45, 2.75) is 69.0 Å². The van der Waals surface area contributed by atoms with E-state index in [0.717, 1.165) is 0 Å². The van der Waals surface area contributed by atoms with E-state index < -0.39 is 22.7 Å². The van der Waals surface area contributed by atoms with Crippen LogP contribution in [0, 0.1) is 11.8 Å². The van der Waals surface area contributed by atoms with Crippen LogP contribution in [0.1, 0.15) is 50.9 Å². The Hall–Kier alpha value is -2.42. The van der Waals surface area contributed by atoms with Gasteiger partial charge in [-0.25, -0.2) is 0 Å². The number of aromatic hydroxyl groups is 1. The number of epoxide rings is 1. The Morgan fingerprint density at radius 1 is 1.15 bits per heavy atom. The minimum Gasteiger partial charge on any atom is -0.507 e. The predicted octanol–water partition coefficient (Wildman–Crippen LogP) is 2.95. The first-order chi connectivity index (χ1) is 15.5. The zero-order valence-electron chi connectivity index (χ0n) is 19.4. The number of methoxy groups -OCH3 is 1. The summed E-state index contributed by atoms with van der Waals surface area (Å²) in [5, 5.41) is 10.7. The summed E-state index contributed by atoms with van der Waals surface area (Å²) in [7, 11) is 1.49. The molecule has 3 fully saturated rings. The van der Waals surface area contributed by atoms with Crippen LogP contribution in [0.15, 0.2) is 23.8 Å². The molecule has 3 aliphatic carbocycles. The number of ether oxygens (including phenoxy) is 5. The van der Waals surface area contributed by atoms with Crippen molar-refractivity contribution in [1.82, 2.24) is 0 Å². The number of ketones is 2. The van der Waals surface area contributed by atoms with E-state index >= 15 is 0 Å². The van der Waals surface area contributed by atoms with E-state index in [1.165, 1.54) is 13.2 Å². The van der Waals surface area contributed by atoms with Crippen LogP contribution in [0.4, 0.5) is 0 Å². The Balaban J connectivity index is 1.55. The van der Waals surface area contributed by atoms with Crippen molar-refractivity contribution in [2.24, 2.45) is 11.8 Å². The molecule has 33 heavy (non-hydrogen) atoms. The first-order valence-corrected chi connectivity index (χ1v) is 11.3. The molecule has 7 rings (SSSR count). The fraction of sp³-hybridized carbons (Fsp3) is 0.600. The van der Waals surface area contributed by atoms with Crippen LogP contribution in [-0.4, -0.2) is 59.1 Å². The van der Waals surface area contributed by atoms with Crippen LogP contribution in [-0.2, 0) is 19.0 Å². The second-order valence-electron chi connectivity index (χ2n) is 10.8. The Morgan fingerprint density at radius 2 is 1.88 bits per heavy atom. The number of phenols is 1. The molecule has 1 spiro atoms. The molecule has 1 N–H and O–H groups in total. The number of carbonyl (C=O) groups excluding carboxylic acids is 2. The number of phenolic OH excluding ortho intramolecular Hbond substituents is 1. The molecule has 3 aliphatic heterocycles. The van der Waals surface area contributed by atoms with Crippen LogP contribution in [0.2, 0.25) is 0 Å². The number of fused-ring (bicyclic) bond motifs is 1. The lowest BCUT2D eigenvalue weighted by Crippen LogP contribution is -2.72. The molecule has 5 unspecified atom stereocenters. The van der Waals surface area contributed by atoms with Gasteiger partial charge in [0.05, 0.1) is 17.3 Å². The number of benzene rings is 1. The lowest BCUT2D eigenvalue weighted by molar-refractivity contribution is -0.175. The van der Waals surface area contributed by atoms with E-state index in [0.29, 0.717) is 24.2 Å². The summed E-state index contributed by atoms with van der Waals surface area (Å²) in [4.78, 5) is 27.7. The first kappa shape index (κ1) is 21.1. The van der Waals surface area contributed by atoms with Gasteiger partial charge in [-0.05, 0) is 34.1 Å². The molecule has 176 valence electrons. The standard InChI is InChI=1S/C25H28O8/c1-22(2)17-7-12-6-14-20(27)19-15(26)8-13(30-11-29-5)9-16(19)31-25(14,17)24(33-22,21(12)28)10-18-23(3,4)32-18/h6,8-9,12,17-18,26H,7,10-11H2,1-5H3. The Kier molecular flexibility index (Phi) is 3.95. The van der Waals surface area contributed by atoms with Gasteiger partial charge in [-0.3, -0.25) is 9.59 Å². The second-order valence-corrected chi connectivity index (χ2v) is 10.8. The third-order valence-electron chi connectivity index (χ3n) is 8.14. The number of rotatable bonds is 5. The Labute approximate surface area is 191 Å². The molecule has 0 aromatic heterocycles. The highest BCUT2D eigenvalue weighted by Gasteiger charge is 2.82. The molecular formula is C25H28O8. The summed E-state index contributed by atoms with van der Waals surface area (Å²) in [5.74, 6) is -0.812. The molecule has 0 amide bonds. The number of allylic oxidation sites excluding steroid dienone is 1. The molecule has 2 saturated heterocycles. The molecule has 1 saturated carbocycles. The summed E-state index contributed by atoms with van der Waals surface area (Å²) >= 11 is 0. The third kappa shape index (κ3) is 2.46. The number of hydrogen-bond donors (Lipinski definition) is 1. The summed E-state index contributed by atoms with van der Waals surface area (Å²) < 4.78 is 29.7. The normalized spacial score (nSPS) is 38.3. The summed E-state index contributed by atoms with van der Waals surface area (Å²) in [6.45, 7) is 7.84. The van der Waals surface area contributed by atoms with Crippen molar-refractivity contribution in [3.63, 3.8) is 0 Å². The van der Waals surface area contributed by atoms with E-state index in [2.05, 4.69) is 0 Å². The zero-order valence-corrected chi connectivity index (χ0v) is 19.4. The highest BCUT2D eigenvalue weighted by molar-refractivity contribution is 6.18. The second kappa shape index (κ2) is 6.17. The Bertz CT molecular complexity index is 1130. The van der Waals surface area contributed by atoms with E-state index in [-0.39, 0.29) is 53.0 Å². The highest BCUT2D eigenvalue weighted by Crippen LogP contribution is 2.68. The molecule has 8 heteroatoms. The minimum absolute atomic E-state index is 0.0283. The molecule has 5 atom stereocenters. The van der Waals surface area contributed by atoms with E-state index in [1.54, 1.807) is 12.1 Å². The fourth-order valence-electron chi connectivity index (χ4n) is 6.62. The average molecular weight is 456 g/mol. The molecule has 3 heterocycles. The highest BCUT2D eigenvalue weighted by atomic mass is 16.7. The van der Waals surface area contributed by atoms with Crippen molar-refractivity contribution in [3.8, 4) is 17.2 Å². The first-order valence-electron chi connectivity index (χ1n) is 11.3. The van der Waals surface area contributed by atoms with Gasteiger partial charge >= 0.3 is 0 Å². The maximum atomic E-state index is 13.9. The van der Waals surface area contributed by atoms with Gasteiger partial charge < -0.3 is 28.8 Å². The van der Waals surface area contributed by atoms with Gasteiger partial charge in [-0.1, -0.05) is 6.08 Å². The number of hydrogen-bond acceptors (Lipinski definition) is 8. The van der Waals surface area contributed by atoms with Crippen LogP contribution in [0.25, 0.3) is 0 Å². The topological polar surface area (TPSA) is 104 Å². The lowest BCUT2D eigenvalue weighted by Gasteiger charge is -2.56. The van der Waals surface area contributed by atoms with E-state index in [9.17, 15) is 14.7 Å². The summed E-state index contributed by atoms with van der Waals surface area (Å²) in [6, 6.07) is 2.94. The van der Waals surface area contributed by atoms with Crippen LogP contribution >= 0.6 is 0 Å². The quantitative estimate of drug-likeness (QED) is 0.533. The number of carbonyl (C=O) groups is 2. The van der Waals surface area contributed by atoms with Gasteiger partial charge in [0.15, 0.2) is 29.6 Å². The van der Waals surface area contributed by atoms with Gasteiger partial charge in [0.2, 0.25) is 0 Å². The van der Waals surface area contributed by atoms with Crippen molar-refractivity contribution in [2.75, 3.05) is 13.9 Å². The number of Topliss-reactive ketones (excluding diaryl/α,β-unsaturated/α-hetero) is 2. The molecular weight excluding hydrogens is 428 g/mol. The van der Waals surface area contributed by atoms with Gasteiger partial charge in [-0.15, -0.1) is 0 Å². The molecule has 8 nitrogen and oxygen atoms in total. The maximum absolute atomic E-state index is 13.9. The van der Waals surface area contributed by atoms with Crippen molar-refractivity contribution in [1.29, 1.82) is 0 Å². The fourth-order valence-corrected chi connectivity index (χ4v) is 6.62. The van der Waals surface area contributed by atoms with Crippen LogP contribution < -0.4 is 9.47 Å². The molecule has 0 radical (unpaired) electrons. The smallest absolute Gasteiger partial charge is 0.200 e. The third-order valence-corrected chi connectivity index (χ3v) is 8.14. The zero-order chi connectivity index (χ0) is 23.6. The molecule has 1 aromatic rings. The van der Waals surface area contributed by atoms with Gasteiger partial charge in [0.25, 0.3) is 0 Å². The predicted molar refractivity (Wildman–Crippen MR) is 114 cm³/mol. The van der Waals surface area contributed by atoms with Crippen molar-refractivity contribution in [3.05, 3.63) is 29.3 Å². The molecule has 6 aliphatic rings. The van der Waals surface area contributed by atoms with Gasteiger partial charge in [-0.2, -0.15) is 0 Å². The largest absolute Gasteiger partial charge is 0.507 e. The van der Waals surface area contributed by atoms with Crippen molar-refractivity contribution >= 4 is 11.6 Å². The molecule has 4 bridgehead atoms. The summed E-state index contributed by atoms with van der Waals surface area (Å²) in [6.07, 6.45) is 2.40. The van der Waals surface area contributed by atoms with Crippen LogP contribution in [0.3, 0.4) is 0 Å². The maximum Gasteiger partial charge on any atom is 0.200 e. The summed E-state index contributed by atoms with van der Waals surface area (Å²) in [5.41, 5.74) is -3.23. The Morgan fingerprint density at radius 3 is 2.55 bits per heavy atom. The van der Waals surface area contributed by atoms with Gasteiger partial charge in [0, 0.05) is 43.1 Å². The molecule has 1 aromatic carbocycles. The van der Waals surface area contributed by atoms with Crippen LogP contribution in [0.5, 0.6) is 17.2 Å². The minimum atomic E-state index is -1.35. The SMILES string of the molecule is COCOc1cc(O)c2c(c1)OC13C(=CC4CC1C(C)(C)OC3(CC1OC1(C)C)C4=O)C2=O.